The Morgan fingerprint density at radius 3 is 2.81 bits per heavy atom. The van der Waals surface area contributed by atoms with Crippen molar-refractivity contribution in [3.05, 3.63) is 54.2 Å². The van der Waals surface area contributed by atoms with Crippen LogP contribution in [0.2, 0.25) is 0 Å². The van der Waals surface area contributed by atoms with Gasteiger partial charge in [-0.05, 0) is 51.6 Å². The van der Waals surface area contributed by atoms with E-state index >= 15 is 0 Å². The zero-order valence-electron chi connectivity index (χ0n) is 21.3. The first-order valence-electron chi connectivity index (χ1n) is 12.9. The van der Waals surface area contributed by atoms with Crippen LogP contribution in [0.5, 0.6) is 0 Å². The van der Waals surface area contributed by atoms with E-state index in [9.17, 15) is 4.79 Å². The Labute approximate surface area is 220 Å². The van der Waals surface area contributed by atoms with Crippen molar-refractivity contribution < 1.29 is 9.53 Å². The number of likely N-dealkylation sites (tertiary alicyclic amines) is 1. The topological polar surface area (TPSA) is 75.5 Å². The standard InChI is InChI=1S/C28H32N6O2S/c1-19-5-3-6-20(15-19)22-8-10-34(31-22)25-17-24(33-11-13-36-14-12-33)27-23(29-25)16-26(37-27)30-28(35)21-7-4-9-32(2)18-21/h3,5-6,8,10,15-17,21H,4,7,9,11-14,18H2,1-2H3,(H,30,35). The zero-order valence-corrected chi connectivity index (χ0v) is 22.1. The molecular formula is C28H32N6O2S. The molecule has 6 rings (SSSR count). The lowest BCUT2D eigenvalue weighted by molar-refractivity contribution is -0.121. The third-order valence-corrected chi connectivity index (χ3v) is 8.24. The number of rotatable bonds is 5. The van der Waals surface area contributed by atoms with Crippen LogP contribution in [0, 0.1) is 12.8 Å². The number of nitrogens with one attached hydrogen (secondary N) is 1. The molecule has 0 saturated carbocycles. The highest BCUT2D eigenvalue weighted by Crippen LogP contribution is 2.38. The number of pyridine rings is 1. The number of thiophene rings is 1. The van der Waals surface area contributed by atoms with E-state index in [1.54, 1.807) is 11.3 Å². The Kier molecular flexibility index (Phi) is 6.67. The summed E-state index contributed by atoms with van der Waals surface area (Å²) in [6.45, 7) is 6.98. The lowest BCUT2D eigenvalue weighted by Crippen LogP contribution is -2.38. The number of nitrogens with zero attached hydrogens (tertiary/aromatic N) is 5. The first-order valence-corrected chi connectivity index (χ1v) is 13.7. The van der Waals surface area contributed by atoms with Crippen LogP contribution in [0.25, 0.3) is 27.3 Å². The minimum atomic E-state index is 0.0234. The number of carbonyl (C=O) groups is 1. The Hall–Kier alpha value is -3.27. The summed E-state index contributed by atoms with van der Waals surface area (Å²) in [5.74, 6) is 0.883. The summed E-state index contributed by atoms with van der Waals surface area (Å²) >= 11 is 1.60. The maximum absolute atomic E-state index is 13.0. The van der Waals surface area contributed by atoms with Gasteiger partial charge >= 0.3 is 0 Å². The van der Waals surface area contributed by atoms with Crippen molar-refractivity contribution in [3.63, 3.8) is 0 Å². The molecule has 0 spiro atoms. The Morgan fingerprint density at radius 2 is 2.00 bits per heavy atom. The molecule has 8 nitrogen and oxygen atoms in total. The van der Waals surface area contributed by atoms with Crippen LogP contribution in [0.4, 0.5) is 10.7 Å². The van der Waals surface area contributed by atoms with E-state index in [0.29, 0.717) is 13.2 Å². The van der Waals surface area contributed by atoms with Crippen LogP contribution in [-0.2, 0) is 9.53 Å². The highest BCUT2D eigenvalue weighted by atomic mass is 32.1. The number of aromatic nitrogens is 3. The second-order valence-electron chi connectivity index (χ2n) is 10.0. The molecule has 0 aliphatic carbocycles. The average molecular weight is 517 g/mol. The van der Waals surface area contributed by atoms with Crippen LogP contribution < -0.4 is 10.2 Å². The SMILES string of the molecule is Cc1cccc(-c2ccn(-c3cc(N4CCOCC4)c4sc(NC(=O)C5CCCN(C)C5)cc4n3)n2)c1. The smallest absolute Gasteiger partial charge is 0.229 e. The highest BCUT2D eigenvalue weighted by molar-refractivity contribution is 7.23. The molecule has 192 valence electrons. The summed E-state index contributed by atoms with van der Waals surface area (Å²) in [6, 6.07) is 14.5. The lowest BCUT2D eigenvalue weighted by Gasteiger charge is -2.29. The van der Waals surface area contributed by atoms with Gasteiger partial charge < -0.3 is 19.9 Å². The average Bonchev–Trinajstić information content (AvgIpc) is 3.56. The number of aryl methyl sites for hydroxylation is 1. The molecule has 0 radical (unpaired) electrons. The molecule has 4 aromatic rings. The van der Waals surface area contributed by atoms with Crippen LogP contribution in [0.3, 0.4) is 0 Å². The van der Waals surface area contributed by atoms with Crippen molar-refractivity contribution in [1.82, 2.24) is 19.7 Å². The van der Waals surface area contributed by atoms with E-state index < -0.39 is 0 Å². The summed E-state index contributed by atoms with van der Waals surface area (Å²) in [7, 11) is 2.08. The van der Waals surface area contributed by atoms with Gasteiger partial charge in [0.25, 0.3) is 0 Å². The van der Waals surface area contributed by atoms with Gasteiger partial charge in [0.2, 0.25) is 5.91 Å². The number of carbonyl (C=O) groups excluding carboxylic acids is 1. The van der Waals surface area contributed by atoms with Crippen molar-refractivity contribution in [1.29, 1.82) is 0 Å². The van der Waals surface area contributed by atoms with E-state index in [2.05, 4.69) is 59.4 Å². The van der Waals surface area contributed by atoms with Gasteiger partial charge in [0.05, 0.1) is 45.7 Å². The van der Waals surface area contributed by atoms with Crippen LogP contribution in [-0.4, -0.2) is 72.0 Å². The maximum Gasteiger partial charge on any atom is 0.229 e. The molecule has 5 heterocycles. The highest BCUT2D eigenvalue weighted by Gasteiger charge is 2.25. The Balaban J connectivity index is 1.35. The summed E-state index contributed by atoms with van der Waals surface area (Å²) in [5.41, 5.74) is 5.18. The molecule has 37 heavy (non-hydrogen) atoms. The van der Waals surface area contributed by atoms with E-state index in [0.717, 1.165) is 77.0 Å². The summed E-state index contributed by atoms with van der Waals surface area (Å²) in [4.78, 5) is 22.6. The molecule has 1 N–H and O–H groups in total. The molecule has 1 aromatic carbocycles. The summed E-state index contributed by atoms with van der Waals surface area (Å²) in [5, 5.41) is 8.88. The minimum Gasteiger partial charge on any atom is -0.378 e. The molecule has 2 fully saturated rings. The number of benzene rings is 1. The molecular weight excluding hydrogens is 484 g/mol. The zero-order chi connectivity index (χ0) is 25.4. The van der Waals surface area contributed by atoms with Gasteiger partial charge in [0, 0.05) is 37.5 Å². The van der Waals surface area contributed by atoms with E-state index in [1.165, 1.54) is 5.56 Å². The summed E-state index contributed by atoms with van der Waals surface area (Å²) in [6.07, 6.45) is 3.95. The van der Waals surface area contributed by atoms with E-state index in [1.807, 2.05) is 23.0 Å². The van der Waals surface area contributed by atoms with E-state index in [4.69, 9.17) is 14.8 Å². The molecule has 3 aromatic heterocycles. The number of ether oxygens (including phenoxy) is 1. The third-order valence-electron chi connectivity index (χ3n) is 7.18. The predicted octanol–water partition coefficient (Wildman–Crippen LogP) is 4.57. The third kappa shape index (κ3) is 5.12. The fraction of sp³-hybridized carbons (Fsp3) is 0.393. The molecule has 1 atom stereocenters. The van der Waals surface area contributed by atoms with Crippen molar-refractivity contribution in [3.8, 4) is 17.1 Å². The van der Waals surface area contributed by atoms with Gasteiger partial charge in [-0.25, -0.2) is 9.67 Å². The number of hydrogen-bond donors (Lipinski definition) is 1. The molecule has 2 aliphatic heterocycles. The molecule has 1 amide bonds. The number of anilines is 2. The van der Waals surface area contributed by atoms with Crippen LogP contribution >= 0.6 is 11.3 Å². The molecule has 0 bridgehead atoms. The maximum atomic E-state index is 13.0. The minimum absolute atomic E-state index is 0.0234. The van der Waals surface area contributed by atoms with Gasteiger partial charge in [0.15, 0.2) is 5.82 Å². The quantitative estimate of drug-likeness (QED) is 0.419. The van der Waals surface area contributed by atoms with Crippen molar-refractivity contribution in [2.75, 3.05) is 56.7 Å². The second kappa shape index (κ2) is 10.2. The van der Waals surface area contributed by atoms with Gasteiger partial charge in [-0.1, -0.05) is 23.8 Å². The Bertz CT molecular complexity index is 1420. The predicted molar refractivity (Wildman–Crippen MR) is 149 cm³/mol. The van der Waals surface area contributed by atoms with Crippen molar-refractivity contribution in [2.24, 2.45) is 5.92 Å². The van der Waals surface area contributed by atoms with Gasteiger partial charge in [-0.15, -0.1) is 11.3 Å². The Morgan fingerprint density at radius 1 is 1.14 bits per heavy atom. The van der Waals surface area contributed by atoms with Crippen LogP contribution in [0.15, 0.2) is 48.7 Å². The lowest BCUT2D eigenvalue weighted by atomic mass is 9.98. The normalized spacial score (nSPS) is 18.9. The fourth-order valence-electron chi connectivity index (χ4n) is 5.22. The molecule has 2 aliphatic rings. The number of morpholine rings is 1. The fourth-order valence-corrected chi connectivity index (χ4v) is 6.27. The van der Waals surface area contributed by atoms with Crippen molar-refractivity contribution >= 4 is 38.1 Å². The number of fused-ring (bicyclic) bond motifs is 1. The molecule has 9 heteroatoms. The first-order chi connectivity index (χ1) is 18.0. The summed E-state index contributed by atoms with van der Waals surface area (Å²) < 4.78 is 8.53. The van der Waals surface area contributed by atoms with Gasteiger partial charge in [0.1, 0.15) is 0 Å². The van der Waals surface area contributed by atoms with Crippen LogP contribution in [0.1, 0.15) is 18.4 Å². The first kappa shape index (κ1) is 24.1. The second-order valence-corrected chi connectivity index (χ2v) is 11.1. The largest absolute Gasteiger partial charge is 0.378 e. The molecule has 1 unspecified atom stereocenters. The van der Waals surface area contributed by atoms with Gasteiger partial charge in [-0.2, -0.15) is 5.10 Å². The number of hydrogen-bond acceptors (Lipinski definition) is 7. The van der Waals surface area contributed by atoms with Crippen molar-refractivity contribution in [2.45, 2.75) is 19.8 Å². The number of piperidine rings is 1. The molecule has 2 saturated heterocycles. The number of amides is 1. The monoisotopic (exact) mass is 516 g/mol. The van der Waals surface area contributed by atoms with E-state index in [-0.39, 0.29) is 11.8 Å². The van der Waals surface area contributed by atoms with Gasteiger partial charge in [-0.3, -0.25) is 4.79 Å².